The van der Waals surface area contributed by atoms with Crippen molar-refractivity contribution >= 4 is 0 Å². The van der Waals surface area contributed by atoms with Crippen molar-refractivity contribution in [1.29, 1.82) is 0 Å². The van der Waals surface area contributed by atoms with Crippen LogP contribution in [0.15, 0.2) is 0 Å². The lowest BCUT2D eigenvalue weighted by Crippen LogP contribution is -2.53. The van der Waals surface area contributed by atoms with Crippen LogP contribution < -0.4 is 5.31 Å². The van der Waals surface area contributed by atoms with Gasteiger partial charge in [0, 0.05) is 13.1 Å². The van der Waals surface area contributed by atoms with Gasteiger partial charge in [0.15, 0.2) is 0 Å². The van der Waals surface area contributed by atoms with E-state index in [-0.39, 0.29) is 13.1 Å². The molecule has 4 N–H and O–H groups in total. The van der Waals surface area contributed by atoms with Gasteiger partial charge in [0.25, 0.3) is 0 Å². The van der Waals surface area contributed by atoms with Gasteiger partial charge in [-0.25, -0.2) is 0 Å². The van der Waals surface area contributed by atoms with E-state index in [0.29, 0.717) is 0 Å². The Labute approximate surface area is 54.6 Å². The molecule has 0 radical (unpaired) electrons. The Balaban J connectivity index is 2.49. The Morgan fingerprint density at radius 3 is 2.11 bits per heavy atom. The second kappa shape index (κ2) is 2.62. The van der Waals surface area contributed by atoms with Crippen LogP contribution in [0.4, 0.5) is 0 Å². The first-order valence-corrected chi connectivity index (χ1v) is 2.89. The van der Waals surface area contributed by atoms with Crippen LogP contribution in [-0.2, 0) is 0 Å². The molecule has 0 aliphatic carbocycles. The molecule has 1 saturated heterocycles. The zero-order valence-electron chi connectivity index (χ0n) is 5.94. The van der Waals surface area contributed by atoms with Crippen molar-refractivity contribution in [3.8, 4) is 0 Å². The van der Waals surface area contributed by atoms with E-state index in [4.69, 9.17) is 16.7 Å². The third-order valence-corrected chi connectivity index (χ3v) is 1.42. The minimum atomic E-state index is -1.10. The second-order valence-electron chi connectivity index (χ2n) is 2.21. The summed E-state index contributed by atoms with van der Waals surface area (Å²) in [6.45, 7) is 0.191. The number of aliphatic hydroxyl groups is 3. The SMILES string of the molecule is [2H]N1C[C@@H](O)C(O)[C@@H](O)C1. The van der Waals surface area contributed by atoms with Crippen molar-refractivity contribution in [2.45, 2.75) is 18.3 Å². The first kappa shape index (κ1) is 5.61. The molecule has 0 aromatic heterocycles. The molecule has 0 amide bonds. The van der Waals surface area contributed by atoms with Crippen LogP contribution in [0.3, 0.4) is 0 Å². The second-order valence-corrected chi connectivity index (χ2v) is 2.21. The summed E-state index contributed by atoms with van der Waals surface area (Å²) in [5, 5.41) is 27.9. The van der Waals surface area contributed by atoms with E-state index in [9.17, 15) is 0 Å². The number of hydrogen-bond acceptors (Lipinski definition) is 4. The quantitative estimate of drug-likeness (QED) is 0.300. The smallest absolute Gasteiger partial charge is 0.122 e. The van der Waals surface area contributed by atoms with Gasteiger partial charge in [0.1, 0.15) is 7.52 Å². The predicted octanol–water partition coefficient (Wildman–Crippen LogP) is -2.33. The number of nitrogens with one attached hydrogen (secondary N) is 1. The third kappa shape index (κ3) is 1.40. The molecule has 0 bridgehead atoms. The van der Waals surface area contributed by atoms with Crippen LogP contribution in [0.1, 0.15) is 0 Å². The first-order valence-electron chi connectivity index (χ1n) is 3.34. The number of rotatable bonds is 0. The minimum Gasteiger partial charge on any atom is -0.389 e. The fraction of sp³-hybridized carbons (Fsp3) is 1.00. The van der Waals surface area contributed by atoms with Crippen molar-refractivity contribution in [2.24, 2.45) is 0 Å². The highest BCUT2D eigenvalue weighted by atomic mass is 16.4. The standard InChI is InChI=1S/C5H11NO3/c7-3-1-6-2-4(8)5(3)9/h3-9H,1-2H2/t3-,4+,5?/i/hD. The van der Waals surface area contributed by atoms with Gasteiger partial charge in [-0.15, -0.1) is 0 Å². The molecular formula is C5H11NO3. The van der Waals surface area contributed by atoms with Gasteiger partial charge in [-0.2, -0.15) is 0 Å². The van der Waals surface area contributed by atoms with Crippen molar-refractivity contribution in [1.82, 2.24) is 5.31 Å². The van der Waals surface area contributed by atoms with Crippen LogP contribution in [0.2, 0.25) is 1.41 Å². The molecule has 1 heterocycles. The maximum Gasteiger partial charge on any atom is 0.122 e. The molecule has 1 aliphatic heterocycles. The van der Waals surface area contributed by atoms with Crippen LogP contribution in [-0.4, -0.2) is 46.7 Å². The summed E-state index contributed by atoms with van der Waals surface area (Å²) in [6.07, 6.45) is -3.09. The highest BCUT2D eigenvalue weighted by Crippen LogP contribution is 2.02. The highest BCUT2D eigenvalue weighted by molar-refractivity contribution is 4.83. The lowest BCUT2D eigenvalue weighted by molar-refractivity contribution is -0.0750. The average molecular weight is 134 g/mol. The number of aliphatic hydroxyl groups excluding tert-OH is 3. The fourth-order valence-corrected chi connectivity index (χ4v) is 0.812. The van der Waals surface area contributed by atoms with Gasteiger partial charge in [-0.3, -0.25) is 0 Å². The molecule has 54 valence electrons. The van der Waals surface area contributed by atoms with E-state index >= 15 is 0 Å². The molecule has 0 saturated carbocycles. The molecule has 0 aromatic rings. The zero-order chi connectivity index (χ0) is 7.72. The van der Waals surface area contributed by atoms with Gasteiger partial charge in [0.05, 0.1) is 12.2 Å². The Hall–Kier alpha value is -0.160. The molecule has 1 unspecified atom stereocenters. The highest BCUT2D eigenvalue weighted by Gasteiger charge is 2.27. The molecule has 3 atom stereocenters. The molecule has 4 nitrogen and oxygen atoms in total. The lowest BCUT2D eigenvalue weighted by atomic mass is 10.0. The summed E-state index contributed by atoms with van der Waals surface area (Å²) in [6, 6.07) is 0. The molecule has 0 aromatic carbocycles. The summed E-state index contributed by atoms with van der Waals surface area (Å²) in [4.78, 5) is 0. The molecule has 1 rings (SSSR count). The van der Waals surface area contributed by atoms with Crippen LogP contribution in [0, 0.1) is 0 Å². The maximum absolute atomic E-state index is 8.95. The normalized spacial score (nSPS) is 48.8. The van der Waals surface area contributed by atoms with E-state index in [1.165, 1.54) is 0 Å². The number of hydrogen-bond donors (Lipinski definition) is 4. The molecular weight excluding hydrogens is 122 g/mol. The third-order valence-electron chi connectivity index (χ3n) is 1.42. The number of β-amino-alcohol motifs (C(OH)–C–C–N with tert-alkyl or cyclic N) is 2. The van der Waals surface area contributed by atoms with Crippen LogP contribution in [0.25, 0.3) is 0 Å². The zero-order valence-corrected chi connectivity index (χ0v) is 4.94. The van der Waals surface area contributed by atoms with Gasteiger partial charge in [0.2, 0.25) is 0 Å². The first-order chi connectivity index (χ1) is 4.61. The number of piperidine rings is 1. The molecule has 0 spiro atoms. The molecule has 9 heavy (non-hydrogen) atoms. The summed E-state index contributed by atoms with van der Waals surface area (Å²) in [5.41, 5.74) is 0. The summed E-state index contributed by atoms with van der Waals surface area (Å²) >= 11 is 0. The Bertz CT molecular complexity index is 111. The van der Waals surface area contributed by atoms with Crippen molar-refractivity contribution in [2.75, 3.05) is 13.1 Å². The van der Waals surface area contributed by atoms with Crippen molar-refractivity contribution < 1.29 is 16.7 Å². The molecule has 4 heteroatoms. The monoisotopic (exact) mass is 134 g/mol. The van der Waals surface area contributed by atoms with E-state index in [1.807, 2.05) is 0 Å². The maximum atomic E-state index is 8.95. The minimum absolute atomic E-state index is 0.0955. The lowest BCUT2D eigenvalue weighted by Gasteiger charge is -2.28. The van der Waals surface area contributed by atoms with Crippen molar-refractivity contribution in [3.63, 3.8) is 0 Å². The van der Waals surface area contributed by atoms with E-state index in [2.05, 4.69) is 0 Å². The van der Waals surface area contributed by atoms with Crippen molar-refractivity contribution in [3.05, 3.63) is 0 Å². The van der Waals surface area contributed by atoms with Crippen LogP contribution >= 0.6 is 0 Å². The molecule has 1 fully saturated rings. The largest absolute Gasteiger partial charge is 0.389 e. The summed E-state index contributed by atoms with van der Waals surface area (Å²) in [5.74, 6) is 0. The van der Waals surface area contributed by atoms with Gasteiger partial charge in [-0.05, 0) is 0 Å². The topological polar surface area (TPSA) is 72.7 Å². The Kier molecular flexibility index (Phi) is 1.63. The van der Waals surface area contributed by atoms with Gasteiger partial charge >= 0.3 is 0 Å². The average Bonchev–Trinajstić information content (AvgIpc) is 1.82. The fourth-order valence-electron chi connectivity index (χ4n) is 0.812. The van der Waals surface area contributed by atoms with E-state index in [1.54, 1.807) is 0 Å². The molecule has 1 aliphatic rings. The summed E-state index contributed by atoms with van der Waals surface area (Å²) < 4.78 is 7.02. The van der Waals surface area contributed by atoms with Gasteiger partial charge < -0.3 is 20.6 Å². The van der Waals surface area contributed by atoms with E-state index < -0.39 is 18.3 Å². The Morgan fingerprint density at radius 2 is 1.67 bits per heavy atom. The van der Waals surface area contributed by atoms with Crippen LogP contribution in [0.5, 0.6) is 0 Å². The van der Waals surface area contributed by atoms with E-state index in [0.717, 1.165) is 5.31 Å². The summed E-state index contributed by atoms with van der Waals surface area (Å²) in [7, 11) is 0. The van der Waals surface area contributed by atoms with Gasteiger partial charge in [-0.1, -0.05) is 0 Å². The Morgan fingerprint density at radius 1 is 1.22 bits per heavy atom. The predicted molar refractivity (Wildman–Crippen MR) is 30.9 cm³/mol.